The summed E-state index contributed by atoms with van der Waals surface area (Å²) in [5.41, 5.74) is 1.03. The third-order valence-corrected chi connectivity index (χ3v) is 7.31. The van der Waals surface area contributed by atoms with Gasteiger partial charge in [0.1, 0.15) is 9.88 Å². The molecule has 0 aliphatic carbocycles. The van der Waals surface area contributed by atoms with Crippen molar-refractivity contribution in [2.24, 2.45) is 0 Å². The molecule has 1 amide bonds. The summed E-state index contributed by atoms with van der Waals surface area (Å²) in [7, 11) is 4.86. The van der Waals surface area contributed by atoms with Crippen LogP contribution in [0.2, 0.25) is 0 Å². The number of amides is 1. The van der Waals surface area contributed by atoms with Gasteiger partial charge in [-0.2, -0.15) is 0 Å². The van der Waals surface area contributed by atoms with E-state index < -0.39 is 0 Å². The van der Waals surface area contributed by atoms with Crippen molar-refractivity contribution in [3.8, 4) is 27.1 Å². The molecule has 1 aromatic carbocycles. The minimum absolute atomic E-state index is 0.0589. The van der Waals surface area contributed by atoms with Crippen LogP contribution in [-0.4, -0.2) is 68.2 Å². The van der Waals surface area contributed by atoms with Crippen LogP contribution in [0.3, 0.4) is 0 Å². The Morgan fingerprint density at radius 1 is 1.03 bits per heavy atom. The summed E-state index contributed by atoms with van der Waals surface area (Å²) in [6.07, 6.45) is 1.70. The van der Waals surface area contributed by atoms with Gasteiger partial charge < -0.3 is 19.1 Å². The molecule has 31 heavy (non-hydrogen) atoms. The largest absolute Gasteiger partial charge is 0.493 e. The topological polar surface area (TPSA) is 64.1 Å². The quantitative estimate of drug-likeness (QED) is 0.535. The van der Waals surface area contributed by atoms with Crippen LogP contribution < -0.4 is 14.2 Å². The van der Waals surface area contributed by atoms with Gasteiger partial charge in [0.2, 0.25) is 5.75 Å². The predicted molar refractivity (Wildman–Crippen MR) is 123 cm³/mol. The number of carbonyl (C=O) groups is 1. The van der Waals surface area contributed by atoms with E-state index in [0.717, 1.165) is 28.5 Å². The first-order valence-electron chi connectivity index (χ1n) is 9.93. The average Bonchev–Trinajstić information content (AvgIpc) is 3.50. The highest BCUT2D eigenvalue weighted by Gasteiger charge is 2.25. The van der Waals surface area contributed by atoms with Crippen molar-refractivity contribution in [2.45, 2.75) is 6.54 Å². The van der Waals surface area contributed by atoms with E-state index in [1.165, 1.54) is 11.3 Å². The molecule has 0 N–H and O–H groups in total. The maximum Gasteiger partial charge on any atom is 0.265 e. The molecule has 1 aliphatic rings. The van der Waals surface area contributed by atoms with Gasteiger partial charge in [0.05, 0.1) is 32.4 Å². The van der Waals surface area contributed by atoms with Gasteiger partial charge in [-0.05, 0) is 17.5 Å². The van der Waals surface area contributed by atoms with Gasteiger partial charge >= 0.3 is 0 Å². The van der Waals surface area contributed by atoms with E-state index >= 15 is 0 Å². The Kier molecular flexibility index (Phi) is 6.74. The second-order valence-electron chi connectivity index (χ2n) is 7.07. The van der Waals surface area contributed by atoms with Crippen molar-refractivity contribution in [1.82, 2.24) is 14.8 Å². The highest BCUT2D eigenvalue weighted by atomic mass is 32.1. The van der Waals surface area contributed by atoms with Gasteiger partial charge in [-0.1, -0.05) is 12.1 Å². The van der Waals surface area contributed by atoms with Crippen LogP contribution in [0, 0.1) is 0 Å². The fourth-order valence-corrected chi connectivity index (χ4v) is 5.37. The van der Waals surface area contributed by atoms with E-state index in [0.29, 0.717) is 41.8 Å². The number of rotatable bonds is 7. The predicted octanol–water partition coefficient (Wildman–Crippen LogP) is 3.86. The Morgan fingerprint density at radius 3 is 2.45 bits per heavy atom. The zero-order valence-corrected chi connectivity index (χ0v) is 19.4. The Morgan fingerprint density at radius 2 is 1.81 bits per heavy atom. The van der Waals surface area contributed by atoms with Crippen LogP contribution in [0.5, 0.6) is 17.2 Å². The van der Waals surface area contributed by atoms with Crippen LogP contribution in [0.15, 0.2) is 35.8 Å². The number of carbonyl (C=O) groups excluding carboxylic acids is 1. The smallest absolute Gasteiger partial charge is 0.265 e. The van der Waals surface area contributed by atoms with Crippen molar-refractivity contribution in [3.05, 3.63) is 46.3 Å². The van der Waals surface area contributed by atoms with Crippen LogP contribution in [0.25, 0.3) is 9.88 Å². The number of aromatic nitrogens is 1. The highest BCUT2D eigenvalue weighted by Crippen LogP contribution is 2.40. The van der Waals surface area contributed by atoms with Crippen molar-refractivity contribution < 1.29 is 19.0 Å². The monoisotopic (exact) mass is 459 g/mol. The molecule has 164 valence electrons. The maximum absolute atomic E-state index is 12.9. The minimum atomic E-state index is 0.0589. The summed E-state index contributed by atoms with van der Waals surface area (Å²) in [5, 5.41) is 2.92. The van der Waals surface area contributed by atoms with Crippen LogP contribution in [0.1, 0.15) is 15.2 Å². The number of benzene rings is 1. The molecule has 4 rings (SSSR count). The number of ether oxygens (including phenoxy) is 3. The lowest BCUT2D eigenvalue weighted by Gasteiger charge is -2.34. The van der Waals surface area contributed by atoms with Crippen molar-refractivity contribution in [3.63, 3.8) is 0 Å². The first-order chi connectivity index (χ1) is 15.1. The molecule has 0 radical (unpaired) electrons. The van der Waals surface area contributed by atoms with E-state index in [1.807, 2.05) is 34.5 Å². The summed E-state index contributed by atoms with van der Waals surface area (Å²) in [6, 6.07) is 7.92. The number of hydrogen-bond donors (Lipinski definition) is 0. The van der Waals surface area contributed by atoms with Crippen LogP contribution >= 0.6 is 22.7 Å². The summed E-state index contributed by atoms with van der Waals surface area (Å²) in [6.45, 7) is 3.66. The fourth-order valence-electron chi connectivity index (χ4n) is 3.68. The van der Waals surface area contributed by atoms with Crippen molar-refractivity contribution >= 4 is 28.6 Å². The summed E-state index contributed by atoms with van der Waals surface area (Å²) in [4.78, 5) is 23.4. The number of thiophene rings is 1. The third kappa shape index (κ3) is 4.53. The molecule has 1 saturated heterocycles. The first kappa shape index (κ1) is 21.6. The number of methoxy groups -OCH3 is 3. The molecule has 0 unspecified atom stereocenters. The Labute approximate surface area is 189 Å². The molecule has 1 fully saturated rings. The first-order valence-corrected chi connectivity index (χ1v) is 11.6. The Bertz CT molecular complexity index is 1030. The van der Waals surface area contributed by atoms with E-state index in [2.05, 4.69) is 9.88 Å². The number of nitrogens with zero attached hydrogens (tertiary/aromatic N) is 3. The lowest BCUT2D eigenvalue weighted by molar-refractivity contribution is 0.0632. The molecular formula is C22H25N3O4S2. The standard InChI is InChI=1S/C22H25N3O4S2/c1-27-16-7-6-15(19(28-2)20(16)29-3)14-24-8-10-25(11-9-24)22(26)18-13-23-21(31-18)17-5-4-12-30-17/h4-7,12-13H,8-11,14H2,1-3H3. The molecular weight excluding hydrogens is 434 g/mol. The molecule has 1 aliphatic heterocycles. The zero-order valence-electron chi connectivity index (χ0n) is 17.8. The number of thiazole rings is 1. The second kappa shape index (κ2) is 9.67. The molecule has 7 nitrogen and oxygen atoms in total. The van der Waals surface area contributed by atoms with Gasteiger partial charge in [0, 0.05) is 38.3 Å². The Hall–Kier alpha value is -2.62. The molecule has 0 atom stereocenters. The van der Waals surface area contributed by atoms with E-state index in [1.54, 1.807) is 38.9 Å². The molecule has 3 heterocycles. The van der Waals surface area contributed by atoms with E-state index in [-0.39, 0.29) is 5.91 Å². The maximum atomic E-state index is 12.9. The lowest BCUT2D eigenvalue weighted by atomic mass is 10.1. The summed E-state index contributed by atoms with van der Waals surface area (Å²) >= 11 is 3.10. The van der Waals surface area contributed by atoms with Gasteiger partial charge in [0.15, 0.2) is 11.5 Å². The lowest BCUT2D eigenvalue weighted by Crippen LogP contribution is -2.48. The van der Waals surface area contributed by atoms with Crippen molar-refractivity contribution in [1.29, 1.82) is 0 Å². The van der Waals surface area contributed by atoms with E-state index in [9.17, 15) is 4.79 Å². The zero-order chi connectivity index (χ0) is 21.8. The number of piperazine rings is 1. The fraction of sp³-hybridized carbons (Fsp3) is 0.364. The van der Waals surface area contributed by atoms with Crippen molar-refractivity contribution in [2.75, 3.05) is 47.5 Å². The van der Waals surface area contributed by atoms with Gasteiger partial charge in [-0.25, -0.2) is 4.98 Å². The SMILES string of the molecule is COc1ccc(CN2CCN(C(=O)c3cnc(-c4cccs4)s3)CC2)c(OC)c1OC. The summed E-state index contributed by atoms with van der Waals surface area (Å²) in [5.74, 6) is 1.99. The molecule has 0 saturated carbocycles. The van der Waals surface area contributed by atoms with Gasteiger partial charge in [-0.3, -0.25) is 9.69 Å². The van der Waals surface area contributed by atoms with Gasteiger partial charge in [-0.15, -0.1) is 22.7 Å². The van der Waals surface area contributed by atoms with Crippen LogP contribution in [-0.2, 0) is 6.54 Å². The second-order valence-corrected chi connectivity index (χ2v) is 9.05. The Balaban J connectivity index is 1.39. The van der Waals surface area contributed by atoms with Gasteiger partial charge in [0.25, 0.3) is 5.91 Å². The summed E-state index contributed by atoms with van der Waals surface area (Å²) < 4.78 is 16.5. The average molecular weight is 460 g/mol. The number of hydrogen-bond acceptors (Lipinski definition) is 8. The molecule has 0 bridgehead atoms. The van der Waals surface area contributed by atoms with Crippen LogP contribution in [0.4, 0.5) is 0 Å². The third-order valence-electron chi connectivity index (χ3n) is 5.29. The minimum Gasteiger partial charge on any atom is -0.493 e. The highest BCUT2D eigenvalue weighted by molar-refractivity contribution is 7.21. The molecule has 3 aromatic rings. The van der Waals surface area contributed by atoms with E-state index in [4.69, 9.17) is 14.2 Å². The molecule has 0 spiro atoms. The molecule has 9 heteroatoms. The molecule has 2 aromatic heterocycles. The normalized spacial score (nSPS) is 14.5.